The van der Waals surface area contributed by atoms with Crippen molar-refractivity contribution in [2.45, 2.75) is 13.0 Å². The molecule has 4 rings (SSSR count). The summed E-state index contributed by atoms with van der Waals surface area (Å²) in [5, 5.41) is 11.0. The molecular weight excluding hydrogens is 369 g/mol. The molecule has 0 aliphatic carbocycles. The average Bonchev–Trinajstić information content (AvgIpc) is 3.24. The van der Waals surface area contributed by atoms with Gasteiger partial charge < -0.3 is 9.73 Å². The molecule has 0 bridgehead atoms. The molecule has 1 aromatic heterocycles. The van der Waals surface area contributed by atoms with Gasteiger partial charge in [-0.3, -0.25) is 4.79 Å². The maximum Gasteiger partial charge on any atom is 0.252 e. The summed E-state index contributed by atoms with van der Waals surface area (Å²) in [5.74, 6) is -0.431. The largest absolute Gasteiger partial charge is 0.418 e. The van der Waals surface area contributed by atoms with Crippen molar-refractivity contribution in [3.63, 3.8) is 0 Å². The van der Waals surface area contributed by atoms with Crippen molar-refractivity contribution in [1.82, 2.24) is 15.5 Å². The lowest BCUT2D eigenvalue weighted by Gasteiger charge is -2.16. The topological polar surface area (TPSA) is 68.0 Å². The molecule has 144 valence electrons. The van der Waals surface area contributed by atoms with E-state index in [4.69, 9.17) is 4.42 Å². The van der Waals surface area contributed by atoms with E-state index in [9.17, 15) is 9.18 Å². The number of hydrogen-bond acceptors (Lipinski definition) is 4. The molecule has 0 saturated heterocycles. The number of aryl methyl sites for hydroxylation is 1. The normalized spacial score (nSPS) is 11.8. The highest BCUT2D eigenvalue weighted by molar-refractivity contribution is 5.94. The average molecular weight is 387 g/mol. The smallest absolute Gasteiger partial charge is 0.252 e. The minimum Gasteiger partial charge on any atom is -0.418 e. The zero-order valence-corrected chi connectivity index (χ0v) is 15.7. The Balaban J connectivity index is 1.70. The van der Waals surface area contributed by atoms with Crippen LogP contribution in [0.2, 0.25) is 0 Å². The van der Waals surface area contributed by atoms with Gasteiger partial charge in [0.1, 0.15) is 11.9 Å². The Morgan fingerprint density at radius 3 is 2.34 bits per heavy atom. The van der Waals surface area contributed by atoms with Gasteiger partial charge in [-0.05, 0) is 37.3 Å². The van der Waals surface area contributed by atoms with Crippen molar-refractivity contribution >= 4 is 5.91 Å². The van der Waals surface area contributed by atoms with Gasteiger partial charge in [-0.25, -0.2) is 4.39 Å². The molecule has 6 heteroatoms. The van der Waals surface area contributed by atoms with Gasteiger partial charge in [0.2, 0.25) is 11.8 Å². The Kier molecular flexibility index (Phi) is 5.16. The summed E-state index contributed by atoms with van der Waals surface area (Å²) in [6.07, 6.45) is 0. The van der Waals surface area contributed by atoms with E-state index in [1.807, 2.05) is 49.4 Å². The highest BCUT2D eigenvalue weighted by atomic mass is 19.1. The molecule has 0 saturated carbocycles. The second-order valence-corrected chi connectivity index (χ2v) is 6.61. The van der Waals surface area contributed by atoms with Crippen LogP contribution in [0.25, 0.3) is 11.5 Å². The van der Waals surface area contributed by atoms with Crippen molar-refractivity contribution < 1.29 is 13.6 Å². The number of carbonyl (C=O) groups is 1. The Bertz CT molecular complexity index is 1120. The highest BCUT2D eigenvalue weighted by Crippen LogP contribution is 2.27. The molecule has 4 aromatic rings. The van der Waals surface area contributed by atoms with Crippen LogP contribution in [0.3, 0.4) is 0 Å². The number of halogens is 1. The molecule has 1 heterocycles. The van der Waals surface area contributed by atoms with Crippen LogP contribution >= 0.6 is 0 Å². The second kappa shape index (κ2) is 8.06. The number of hydrogen-bond donors (Lipinski definition) is 1. The molecule has 1 amide bonds. The van der Waals surface area contributed by atoms with Crippen LogP contribution in [0.4, 0.5) is 4.39 Å². The highest BCUT2D eigenvalue weighted by Gasteiger charge is 2.26. The third-order valence-corrected chi connectivity index (χ3v) is 4.51. The van der Waals surface area contributed by atoms with Crippen LogP contribution in [0.5, 0.6) is 0 Å². The summed E-state index contributed by atoms with van der Waals surface area (Å²) in [6, 6.07) is 21.6. The van der Waals surface area contributed by atoms with Crippen LogP contribution in [0.15, 0.2) is 83.3 Å². The van der Waals surface area contributed by atoms with Gasteiger partial charge in [0, 0.05) is 16.7 Å². The summed E-state index contributed by atoms with van der Waals surface area (Å²) >= 11 is 0. The van der Waals surface area contributed by atoms with Crippen molar-refractivity contribution in [2.24, 2.45) is 0 Å². The molecule has 0 aliphatic heterocycles. The van der Waals surface area contributed by atoms with Gasteiger partial charge in [-0.2, -0.15) is 0 Å². The first kappa shape index (κ1) is 18.6. The van der Waals surface area contributed by atoms with Crippen LogP contribution in [0, 0.1) is 12.7 Å². The summed E-state index contributed by atoms with van der Waals surface area (Å²) in [4.78, 5) is 12.8. The maximum absolute atomic E-state index is 14.5. The number of nitrogens with zero attached hydrogens (tertiary/aromatic N) is 2. The van der Waals surface area contributed by atoms with E-state index in [1.54, 1.807) is 30.3 Å². The van der Waals surface area contributed by atoms with E-state index in [1.165, 1.54) is 6.07 Å². The van der Waals surface area contributed by atoms with Crippen LogP contribution < -0.4 is 5.32 Å². The van der Waals surface area contributed by atoms with Gasteiger partial charge >= 0.3 is 0 Å². The zero-order chi connectivity index (χ0) is 20.2. The van der Waals surface area contributed by atoms with Gasteiger partial charge in [0.25, 0.3) is 5.91 Å². The first-order chi connectivity index (χ1) is 14.1. The fourth-order valence-corrected chi connectivity index (χ4v) is 2.95. The van der Waals surface area contributed by atoms with Crippen LogP contribution in [-0.2, 0) is 0 Å². The number of nitrogens with one attached hydrogen (secondary N) is 1. The number of aromatic nitrogens is 2. The fraction of sp³-hybridized carbons (Fsp3) is 0.0870. The van der Waals surface area contributed by atoms with E-state index >= 15 is 0 Å². The molecule has 0 radical (unpaired) electrons. The Morgan fingerprint density at radius 2 is 1.62 bits per heavy atom. The lowest BCUT2D eigenvalue weighted by Crippen LogP contribution is -2.30. The first-order valence-corrected chi connectivity index (χ1v) is 9.12. The van der Waals surface area contributed by atoms with Crippen molar-refractivity contribution in [3.8, 4) is 11.5 Å². The summed E-state index contributed by atoms with van der Waals surface area (Å²) in [7, 11) is 0. The Hall–Kier alpha value is -3.80. The molecule has 0 aliphatic rings. The van der Waals surface area contributed by atoms with Crippen LogP contribution in [0.1, 0.15) is 33.4 Å². The lowest BCUT2D eigenvalue weighted by atomic mass is 10.0. The molecular formula is C23H18FN3O2. The van der Waals surface area contributed by atoms with E-state index in [0.717, 1.165) is 11.1 Å². The van der Waals surface area contributed by atoms with Crippen molar-refractivity contribution in [1.29, 1.82) is 0 Å². The summed E-state index contributed by atoms with van der Waals surface area (Å²) in [5.41, 5.74) is 2.48. The molecule has 1 unspecified atom stereocenters. The maximum atomic E-state index is 14.5. The quantitative estimate of drug-likeness (QED) is 0.539. The first-order valence-electron chi connectivity index (χ1n) is 9.12. The Labute approximate surface area is 167 Å². The minimum atomic E-state index is -0.921. The molecule has 0 fully saturated rings. The molecule has 29 heavy (non-hydrogen) atoms. The third kappa shape index (κ3) is 4.06. The van der Waals surface area contributed by atoms with Gasteiger partial charge in [0.05, 0.1) is 0 Å². The summed E-state index contributed by atoms with van der Waals surface area (Å²) in [6.45, 7) is 1.94. The molecule has 0 spiro atoms. The third-order valence-electron chi connectivity index (χ3n) is 4.51. The SMILES string of the molecule is Cc1ccc(C(=O)NC(c2nnc(-c3ccccc3)o2)c2ccccc2F)cc1. The number of rotatable bonds is 5. The standard InChI is InChI=1S/C23H18FN3O2/c1-15-11-13-16(14-12-15)21(28)25-20(18-9-5-6-10-19(18)24)23-27-26-22(29-23)17-7-3-2-4-8-17/h2-14,20H,1H3,(H,25,28). The molecule has 5 nitrogen and oxygen atoms in total. The van der Waals surface area contributed by atoms with Crippen molar-refractivity contribution in [2.75, 3.05) is 0 Å². The monoisotopic (exact) mass is 387 g/mol. The van der Waals surface area contributed by atoms with E-state index in [0.29, 0.717) is 11.5 Å². The van der Waals surface area contributed by atoms with Gasteiger partial charge in [0.15, 0.2) is 0 Å². The molecule has 3 aromatic carbocycles. The van der Waals surface area contributed by atoms with E-state index in [2.05, 4.69) is 15.5 Å². The van der Waals surface area contributed by atoms with Gasteiger partial charge in [-0.15, -0.1) is 10.2 Å². The Morgan fingerprint density at radius 1 is 0.931 bits per heavy atom. The zero-order valence-electron chi connectivity index (χ0n) is 15.7. The number of benzene rings is 3. The second-order valence-electron chi connectivity index (χ2n) is 6.61. The number of carbonyl (C=O) groups excluding carboxylic acids is 1. The fourth-order valence-electron chi connectivity index (χ4n) is 2.95. The molecule has 1 N–H and O–H groups in total. The molecule has 1 atom stereocenters. The predicted octanol–water partition coefficient (Wildman–Crippen LogP) is 4.70. The van der Waals surface area contributed by atoms with E-state index < -0.39 is 11.9 Å². The number of amides is 1. The lowest BCUT2D eigenvalue weighted by molar-refractivity contribution is 0.0937. The minimum absolute atomic E-state index is 0.106. The van der Waals surface area contributed by atoms with E-state index in [-0.39, 0.29) is 17.4 Å². The van der Waals surface area contributed by atoms with Gasteiger partial charge in [-0.1, -0.05) is 54.1 Å². The summed E-state index contributed by atoms with van der Waals surface area (Å²) < 4.78 is 20.3. The van der Waals surface area contributed by atoms with Crippen LogP contribution in [-0.4, -0.2) is 16.1 Å². The predicted molar refractivity (Wildman–Crippen MR) is 107 cm³/mol. The van der Waals surface area contributed by atoms with Crippen molar-refractivity contribution in [3.05, 3.63) is 107 Å².